The third-order valence-corrected chi connectivity index (χ3v) is 2.43. The van der Waals surface area contributed by atoms with E-state index in [1.165, 1.54) is 0 Å². The van der Waals surface area contributed by atoms with Crippen LogP contribution in [0.2, 0.25) is 0 Å². The third kappa shape index (κ3) is 5.92. The van der Waals surface area contributed by atoms with Crippen LogP contribution in [0.5, 0.6) is 0 Å². The van der Waals surface area contributed by atoms with Crippen LogP contribution in [0.4, 0.5) is 4.79 Å². The van der Waals surface area contributed by atoms with Gasteiger partial charge in [-0.05, 0) is 18.4 Å². The van der Waals surface area contributed by atoms with E-state index in [0.29, 0.717) is 19.4 Å². The molecule has 1 amide bonds. The molecule has 0 bridgehead atoms. The largest absolute Gasteiger partial charge is 0.445 e. The number of carbonyl (C=O) groups is 1. The van der Waals surface area contributed by atoms with Crippen LogP contribution in [-0.4, -0.2) is 23.8 Å². The van der Waals surface area contributed by atoms with Crippen molar-refractivity contribution in [1.82, 2.24) is 5.32 Å². The van der Waals surface area contributed by atoms with Crippen molar-refractivity contribution in [3.8, 4) is 0 Å². The molecule has 0 heterocycles. The summed E-state index contributed by atoms with van der Waals surface area (Å²) in [5.74, 6) is 0. The van der Waals surface area contributed by atoms with E-state index in [2.05, 4.69) is 5.32 Å². The van der Waals surface area contributed by atoms with Gasteiger partial charge in [0.1, 0.15) is 6.61 Å². The van der Waals surface area contributed by atoms with E-state index >= 15 is 0 Å². The maximum absolute atomic E-state index is 11.3. The highest BCUT2D eigenvalue weighted by molar-refractivity contribution is 5.67. The fourth-order valence-electron chi connectivity index (χ4n) is 1.32. The Balaban J connectivity index is 2.13. The zero-order chi connectivity index (χ0) is 12.5. The molecule has 0 aliphatic heterocycles. The average Bonchev–Trinajstić information content (AvgIpc) is 2.37. The predicted molar refractivity (Wildman–Crippen MR) is 65.5 cm³/mol. The summed E-state index contributed by atoms with van der Waals surface area (Å²) in [6, 6.07) is 9.50. The average molecular weight is 237 g/mol. The van der Waals surface area contributed by atoms with E-state index in [0.717, 1.165) is 5.56 Å². The van der Waals surface area contributed by atoms with Gasteiger partial charge in [-0.1, -0.05) is 37.3 Å². The SMILES string of the molecule is CC[C@H](O)CCNC(=O)OCc1ccccc1. The Labute approximate surface area is 102 Å². The Bertz CT molecular complexity index is 327. The Kier molecular flexibility index (Phi) is 6.10. The first-order chi connectivity index (χ1) is 8.22. The minimum atomic E-state index is -0.447. The molecule has 4 heteroatoms. The lowest BCUT2D eigenvalue weighted by molar-refractivity contribution is 0.132. The molecule has 0 saturated carbocycles. The van der Waals surface area contributed by atoms with Crippen LogP contribution in [-0.2, 0) is 11.3 Å². The van der Waals surface area contributed by atoms with E-state index in [1.807, 2.05) is 37.3 Å². The number of rotatable bonds is 6. The number of aliphatic hydroxyl groups is 1. The molecule has 0 aliphatic rings. The van der Waals surface area contributed by atoms with Crippen LogP contribution in [0, 0.1) is 0 Å². The van der Waals surface area contributed by atoms with Crippen LogP contribution < -0.4 is 5.32 Å². The van der Waals surface area contributed by atoms with E-state index < -0.39 is 6.09 Å². The summed E-state index contributed by atoms with van der Waals surface area (Å²) in [7, 11) is 0. The lowest BCUT2D eigenvalue weighted by Crippen LogP contribution is -2.27. The monoisotopic (exact) mass is 237 g/mol. The van der Waals surface area contributed by atoms with E-state index in [4.69, 9.17) is 4.74 Å². The Hall–Kier alpha value is -1.55. The molecular formula is C13H19NO3. The second-order valence-corrected chi connectivity index (χ2v) is 3.84. The van der Waals surface area contributed by atoms with Crippen LogP contribution in [0.15, 0.2) is 30.3 Å². The number of amides is 1. The molecule has 1 rings (SSSR count). The summed E-state index contributed by atoms with van der Waals surface area (Å²) in [5, 5.41) is 11.9. The van der Waals surface area contributed by atoms with Crippen LogP contribution in [0.1, 0.15) is 25.3 Å². The fourth-order valence-corrected chi connectivity index (χ4v) is 1.32. The molecule has 0 saturated heterocycles. The highest BCUT2D eigenvalue weighted by Gasteiger charge is 2.04. The van der Waals surface area contributed by atoms with Crippen LogP contribution >= 0.6 is 0 Å². The third-order valence-electron chi connectivity index (χ3n) is 2.43. The fraction of sp³-hybridized carbons (Fsp3) is 0.462. The molecule has 0 aliphatic carbocycles. The van der Waals surface area contributed by atoms with Crippen molar-refractivity contribution in [1.29, 1.82) is 0 Å². The summed E-state index contributed by atoms with van der Waals surface area (Å²) in [5.41, 5.74) is 0.955. The number of aliphatic hydroxyl groups excluding tert-OH is 1. The number of hydrogen-bond donors (Lipinski definition) is 2. The van der Waals surface area contributed by atoms with Crippen LogP contribution in [0.3, 0.4) is 0 Å². The van der Waals surface area contributed by atoms with Gasteiger partial charge in [0.15, 0.2) is 0 Å². The number of benzene rings is 1. The number of ether oxygens (including phenoxy) is 1. The molecule has 4 nitrogen and oxygen atoms in total. The lowest BCUT2D eigenvalue weighted by atomic mass is 10.2. The zero-order valence-electron chi connectivity index (χ0n) is 10.1. The minimum absolute atomic E-state index is 0.267. The molecule has 1 aromatic rings. The first kappa shape index (κ1) is 13.5. The minimum Gasteiger partial charge on any atom is -0.445 e. The Morgan fingerprint density at radius 3 is 2.76 bits per heavy atom. The number of carbonyl (C=O) groups excluding carboxylic acids is 1. The quantitative estimate of drug-likeness (QED) is 0.796. The van der Waals surface area contributed by atoms with Gasteiger partial charge in [0, 0.05) is 6.54 Å². The van der Waals surface area contributed by atoms with Crippen molar-refractivity contribution in [2.75, 3.05) is 6.54 Å². The summed E-state index contributed by atoms with van der Waals surface area (Å²) in [6.07, 6.45) is 0.444. The van der Waals surface area contributed by atoms with Gasteiger partial charge in [-0.25, -0.2) is 4.79 Å². The van der Waals surface area contributed by atoms with Crippen molar-refractivity contribution in [2.45, 2.75) is 32.5 Å². The number of hydrogen-bond acceptors (Lipinski definition) is 3. The second-order valence-electron chi connectivity index (χ2n) is 3.84. The molecule has 0 unspecified atom stereocenters. The normalized spacial score (nSPS) is 11.9. The molecule has 1 aromatic carbocycles. The maximum Gasteiger partial charge on any atom is 0.407 e. The highest BCUT2D eigenvalue weighted by Crippen LogP contribution is 2.00. The molecule has 0 spiro atoms. The summed E-state index contributed by atoms with van der Waals surface area (Å²) >= 11 is 0. The van der Waals surface area contributed by atoms with Crippen molar-refractivity contribution in [3.05, 3.63) is 35.9 Å². The van der Waals surface area contributed by atoms with Gasteiger partial charge in [-0.3, -0.25) is 0 Å². The van der Waals surface area contributed by atoms with Gasteiger partial charge in [0.25, 0.3) is 0 Å². The topological polar surface area (TPSA) is 58.6 Å². The van der Waals surface area contributed by atoms with Crippen LogP contribution in [0.25, 0.3) is 0 Å². The van der Waals surface area contributed by atoms with Crippen molar-refractivity contribution in [3.63, 3.8) is 0 Å². The smallest absolute Gasteiger partial charge is 0.407 e. The van der Waals surface area contributed by atoms with E-state index in [9.17, 15) is 9.90 Å². The molecule has 0 radical (unpaired) electrons. The summed E-state index contributed by atoms with van der Waals surface area (Å²) in [4.78, 5) is 11.3. The molecule has 1 atom stereocenters. The molecular weight excluding hydrogens is 218 g/mol. The zero-order valence-corrected chi connectivity index (χ0v) is 10.1. The van der Waals surface area contributed by atoms with Gasteiger partial charge in [-0.15, -0.1) is 0 Å². The first-order valence-electron chi connectivity index (χ1n) is 5.85. The lowest BCUT2D eigenvalue weighted by Gasteiger charge is -2.09. The molecule has 17 heavy (non-hydrogen) atoms. The van der Waals surface area contributed by atoms with Crippen molar-refractivity contribution < 1.29 is 14.6 Å². The van der Waals surface area contributed by atoms with Gasteiger partial charge in [-0.2, -0.15) is 0 Å². The van der Waals surface area contributed by atoms with Gasteiger partial charge in [0.2, 0.25) is 0 Å². The van der Waals surface area contributed by atoms with E-state index in [1.54, 1.807) is 0 Å². The number of alkyl carbamates (subject to hydrolysis) is 1. The second kappa shape index (κ2) is 7.68. The number of nitrogens with one attached hydrogen (secondary N) is 1. The Morgan fingerprint density at radius 1 is 1.41 bits per heavy atom. The van der Waals surface area contributed by atoms with Gasteiger partial charge >= 0.3 is 6.09 Å². The molecule has 94 valence electrons. The Morgan fingerprint density at radius 2 is 2.12 bits per heavy atom. The first-order valence-corrected chi connectivity index (χ1v) is 5.85. The van der Waals surface area contributed by atoms with Crippen molar-refractivity contribution in [2.24, 2.45) is 0 Å². The van der Waals surface area contributed by atoms with Gasteiger partial charge in [0.05, 0.1) is 6.10 Å². The maximum atomic E-state index is 11.3. The predicted octanol–water partition coefficient (Wildman–Crippen LogP) is 2.07. The van der Waals surface area contributed by atoms with Crippen molar-refractivity contribution >= 4 is 6.09 Å². The summed E-state index contributed by atoms with van der Waals surface area (Å²) in [6.45, 7) is 2.60. The summed E-state index contributed by atoms with van der Waals surface area (Å²) < 4.78 is 5.01. The van der Waals surface area contributed by atoms with Gasteiger partial charge < -0.3 is 15.2 Å². The highest BCUT2D eigenvalue weighted by atomic mass is 16.5. The van der Waals surface area contributed by atoms with E-state index in [-0.39, 0.29) is 12.7 Å². The standard InChI is InChI=1S/C13H19NO3/c1-2-12(15)8-9-14-13(16)17-10-11-6-4-3-5-7-11/h3-7,12,15H,2,8-10H2,1H3,(H,14,16)/t12-/m0/s1. The molecule has 0 fully saturated rings. The molecule has 2 N–H and O–H groups in total. The molecule has 0 aromatic heterocycles.